The van der Waals surface area contributed by atoms with Crippen LogP contribution >= 0.6 is 0 Å². The largest absolute Gasteiger partial charge is 0.449 e. The van der Waals surface area contributed by atoms with Gasteiger partial charge in [0.1, 0.15) is 0 Å². The number of amides is 1. The highest BCUT2D eigenvalue weighted by atomic mass is 16.5. The van der Waals surface area contributed by atoms with E-state index in [4.69, 9.17) is 5.73 Å². The molecule has 0 fully saturated rings. The number of hydrogen-bond acceptors (Lipinski definition) is 2. The van der Waals surface area contributed by atoms with Crippen LogP contribution in [0.5, 0.6) is 0 Å². The van der Waals surface area contributed by atoms with E-state index < -0.39 is 6.09 Å². The van der Waals surface area contributed by atoms with Gasteiger partial charge >= 0.3 is 6.09 Å². The maximum absolute atomic E-state index is 10.1. The highest BCUT2D eigenvalue weighted by molar-refractivity contribution is 5.64. The minimum atomic E-state index is -0.729. The second-order valence-corrected chi connectivity index (χ2v) is 3.84. The quantitative estimate of drug-likeness (QED) is 0.538. The highest BCUT2D eigenvalue weighted by Gasteiger charge is 2.01. The van der Waals surface area contributed by atoms with Gasteiger partial charge < -0.3 is 10.5 Å². The Bertz CT molecular complexity index is 220. The van der Waals surface area contributed by atoms with E-state index in [1.165, 1.54) is 0 Å². The fourth-order valence-corrected chi connectivity index (χ4v) is 0.611. The third-order valence-corrected chi connectivity index (χ3v) is 1.14. The van der Waals surface area contributed by atoms with E-state index in [1.54, 1.807) is 0 Å². The van der Waals surface area contributed by atoms with Gasteiger partial charge in [0.15, 0.2) is 0 Å². The zero-order valence-corrected chi connectivity index (χ0v) is 8.46. The highest BCUT2D eigenvalue weighted by Crippen LogP contribution is 2.13. The number of nitrogens with two attached hydrogens (primary N) is 1. The lowest BCUT2D eigenvalue weighted by Gasteiger charge is -2.08. The lowest BCUT2D eigenvalue weighted by atomic mass is 9.97. The van der Waals surface area contributed by atoms with Gasteiger partial charge in [-0.2, -0.15) is 0 Å². The Kier molecular flexibility index (Phi) is 4.93. The van der Waals surface area contributed by atoms with Crippen molar-refractivity contribution in [1.82, 2.24) is 0 Å². The van der Waals surface area contributed by atoms with Gasteiger partial charge in [0, 0.05) is 6.42 Å². The summed E-state index contributed by atoms with van der Waals surface area (Å²) >= 11 is 0. The predicted molar refractivity (Wildman–Crippen MR) is 52.3 cm³/mol. The fraction of sp³-hybridized carbons (Fsp3) is 0.600. The van der Waals surface area contributed by atoms with E-state index in [1.807, 2.05) is 12.2 Å². The first-order chi connectivity index (χ1) is 5.92. The molecule has 13 heavy (non-hydrogen) atoms. The summed E-state index contributed by atoms with van der Waals surface area (Å²) in [4.78, 5) is 10.1. The molecule has 0 aromatic rings. The molecule has 0 spiro atoms. The number of hydrogen-bond donors (Lipinski definition) is 1. The van der Waals surface area contributed by atoms with Crippen LogP contribution in [0, 0.1) is 5.41 Å². The summed E-state index contributed by atoms with van der Waals surface area (Å²) in [7, 11) is 0. The summed E-state index contributed by atoms with van der Waals surface area (Å²) in [5.74, 6) is 0. The number of carbonyl (C=O) groups is 1. The third kappa shape index (κ3) is 10.8. The van der Waals surface area contributed by atoms with Gasteiger partial charge in [-0.25, -0.2) is 4.79 Å². The topological polar surface area (TPSA) is 52.3 Å². The molecule has 2 N–H and O–H groups in total. The summed E-state index contributed by atoms with van der Waals surface area (Å²) in [5, 5.41) is 0. The van der Waals surface area contributed by atoms with Crippen LogP contribution in [0.2, 0.25) is 0 Å². The number of rotatable bonds is 3. The Labute approximate surface area is 79.3 Å². The molecule has 0 rings (SSSR count). The van der Waals surface area contributed by atoms with Crippen molar-refractivity contribution in [2.45, 2.75) is 27.2 Å². The number of primary amides is 1. The average Bonchev–Trinajstić information content (AvgIpc) is 1.93. The molecule has 0 atom stereocenters. The average molecular weight is 183 g/mol. The van der Waals surface area contributed by atoms with Crippen LogP contribution in [0.15, 0.2) is 17.9 Å². The van der Waals surface area contributed by atoms with E-state index in [0.29, 0.717) is 13.0 Å². The smallest absolute Gasteiger partial charge is 0.404 e. The Morgan fingerprint density at radius 1 is 1.54 bits per heavy atom. The predicted octanol–water partition coefficient (Wildman–Crippen LogP) is 2.23. The van der Waals surface area contributed by atoms with Crippen molar-refractivity contribution >= 4 is 6.09 Å². The molecule has 0 aromatic carbocycles. The minimum absolute atomic E-state index is 0.140. The van der Waals surface area contributed by atoms with Crippen LogP contribution in [0.25, 0.3) is 0 Å². The first-order valence-corrected chi connectivity index (χ1v) is 4.26. The molecule has 0 saturated carbocycles. The Morgan fingerprint density at radius 3 is 2.62 bits per heavy atom. The van der Waals surface area contributed by atoms with Crippen LogP contribution in [-0.4, -0.2) is 12.7 Å². The van der Waals surface area contributed by atoms with Crippen molar-refractivity contribution < 1.29 is 9.53 Å². The summed E-state index contributed by atoms with van der Waals surface area (Å²) in [6.07, 6.45) is 3.72. The van der Waals surface area contributed by atoms with Gasteiger partial charge in [0.25, 0.3) is 0 Å². The first kappa shape index (κ1) is 11.8. The zero-order chi connectivity index (χ0) is 10.3. The molecule has 0 saturated heterocycles. The van der Waals surface area contributed by atoms with E-state index in [2.05, 4.69) is 31.2 Å². The molecule has 0 aliphatic heterocycles. The summed E-state index contributed by atoms with van der Waals surface area (Å²) in [5.41, 5.74) is 7.93. The van der Waals surface area contributed by atoms with Gasteiger partial charge in [-0.1, -0.05) is 20.8 Å². The van der Waals surface area contributed by atoms with Crippen molar-refractivity contribution in [3.63, 3.8) is 0 Å². The maximum Gasteiger partial charge on any atom is 0.404 e. The van der Waals surface area contributed by atoms with Crippen molar-refractivity contribution in [1.29, 1.82) is 0 Å². The third-order valence-electron chi connectivity index (χ3n) is 1.14. The Hall–Kier alpha value is -1.21. The monoisotopic (exact) mass is 183 g/mol. The van der Waals surface area contributed by atoms with E-state index in [9.17, 15) is 4.79 Å². The molecule has 0 heterocycles. The molecule has 0 radical (unpaired) electrons. The Balaban J connectivity index is 3.64. The molecule has 0 unspecified atom stereocenters. The van der Waals surface area contributed by atoms with Crippen LogP contribution in [0.4, 0.5) is 4.79 Å². The van der Waals surface area contributed by atoms with Crippen molar-refractivity contribution in [3.8, 4) is 0 Å². The van der Waals surface area contributed by atoms with E-state index in [0.717, 1.165) is 0 Å². The van der Waals surface area contributed by atoms with Crippen LogP contribution in [0.3, 0.4) is 0 Å². The number of carbonyl (C=O) groups excluding carboxylic acids is 1. The van der Waals surface area contributed by atoms with Gasteiger partial charge in [0.05, 0.1) is 6.61 Å². The molecule has 0 aliphatic carbocycles. The van der Waals surface area contributed by atoms with Gasteiger partial charge in [0.2, 0.25) is 0 Å². The standard InChI is InChI=1S/C10H17NO2/c1-10(2,3)7-5-4-6-8-13-9(11)12/h4,7H,6,8H2,1-3H3,(H2,11,12). The molecule has 3 heteroatoms. The summed E-state index contributed by atoms with van der Waals surface area (Å²) in [6, 6.07) is 0. The minimum Gasteiger partial charge on any atom is -0.449 e. The molecular weight excluding hydrogens is 166 g/mol. The first-order valence-electron chi connectivity index (χ1n) is 4.26. The molecule has 0 aliphatic rings. The second-order valence-electron chi connectivity index (χ2n) is 3.84. The fourth-order valence-electron chi connectivity index (χ4n) is 0.611. The number of ether oxygens (including phenoxy) is 1. The summed E-state index contributed by atoms with van der Waals surface area (Å²) < 4.78 is 4.53. The van der Waals surface area contributed by atoms with Gasteiger partial charge in [-0.05, 0) is 17.6 Å². The zero-order valence-electron chi connectivity index (χ0n) is 8.46. The molecule has 0 aromatic heterocycles. The summed E-state index contributed by atoms with van der Waals surface area (Å²) in [6.45, 7) is 6.59. The van der Waals surface area contributed by atoms with E-state index in [-0.39, 0.29) is 5.41 Å². The van der Waals surface area contributed by atoms with Crippen molar-refractivity contribution in [3.05, 3.63) is 17.9 Å². The van der Waals surface area contributed by atoms with Gasteiger partial charge in [-0.3, -0.25) is 0 Å². The Morgan fingerprint density at radius 2 is 2.15 bits per heavy atom. The lowest BCUT2D eigenvalue weighted by molar-refractivity contribution is 0.159. The normalized spacial score (nSPS) is 10.1. The van der Waals surface area contributed by atoms with Crippen LogP contribution in [0.1, 0.15) is 27.2 Å². The molecule has 1 amide bonds. The van der Waals surface area contributed by atoms with Crippen LogP contribution in [-0.2, 0) is 4.74 Å². The molecule has 3 nitrogen and oxygen atoms in total. The van der Waals surface area contributed by atoms with E-state index >= 15 is 0 Å². The van der Waals surface area contributed by atoms with Crippen molar-refractivity contribution in [2.75, 3.05) is 6.61 Å². The SMILES string of the molecule is CC(C)(C)C=C=CCCOC(N)=O. The van der Waals surface area contributed by atoms with Gasteiger partial charge in [-0.15, -0.1) is 5.73 Å². The second kappa shape index (κ2) is 5.44. The maximum atomic E-state index is 10.1. The molecule has 0 bridgehead atoms. The molecular formula is C10H17NO2. The lowest BCUT2D eigenvalue weighted by Crippen LogP contribution is -2.13. The molecule has 74 valence electrons. The van der Waals surface area contributed by atoms with Crippen LogP contribution < -0.4 is 5.73 Å². The van der Waals surface area contributed by atoms with Crippen molar-refractivity contribution in [2.24, 2.45) is 11.1 Å².